The van der Waals surface area contributed by atoms with Gasteiger partial charge in [-0.15, -0.1) is 0 Å². The Labute approximate surface area is 225 Å². The van der Waals surface area contributed by atoms with Crippen LogP contribution in [-0.2, 0) is 11.4 Å². The Hall–Kier alpha value is -4.42. The van der Waals surface area contributed by atoms with Crippen LogP contribution in [0, 0.1) is 0 Å². The molecular formula is C31H25ClN2O4. The predicted molar refractivity (Wildman–Crippen MR) is 149 cm³/mol. The summed E-state index contributed by atoms with van der Waals surface area (Å²) in [6.07, 6.45) is 0.547. The Balaban J connectivity index is 1.43. The van der Waals surface area contributed by atoms with Gasteiger partial charge < -0.3 is 14.6 Å². The van der Waals surface area contributed by atoms with Crippen LogP contribution in [0.4, 0.5) is 0 Å². The molecule has 1 heterocycles. The smallest absolute Gasteiger partial charge is 0.303 e. The minimum atomic E-state index is -0.824. The molecule has 0 saturated heterocycles. The van der Waals surface area contributed by atoms with Crippen LogP contribution >= 0.6 is 11.6 Å². The molecule has 0 aliphatic rings. The SMILES string of the molecule is O=C(O)CCCOc1ccc2cc(-c3nc(OCc4ccccc4Cl)cc(-c4ccccc4)n3)ccc2c1. The predicted octanol–water partition coefficient (Wildman–Crippen LogP) is 7.44. The number of aromatic nitrogens is 2. The first-order valence-electron chi connectivity index (χ1n) is 12.2. The molecule has 0 saturated carbocycles. The van der Waals surface area contributed by atoms with Crippen LogP contribution in [0.5, 0.6) is 11.6 Å². The molecule has 0 radical (unpaired) electrons. The van der Waals surface area contributed by atoms with E-state index in [2.05, 4.69) is 0 Å². The summed E-state index contributed by atoms with van der Waals surface area (Å²) in [5.74, 6) is 0.888. The van der Waals surface area contributed by atoms with Crippen molar-refractivity contribution in [2.24, 2.45) is 0 Å². The first-order chi connectivity index (χ1) is 18.5. The molecule has 190 valence electrons. The number of fused-ring (bicyclic) bond motifs is 1. The Kier molecular flexibility index (Phi) is 7.81. The van der Waals surface area contributed by atoms with E-state index in [0.29, 0.717) is 35.5 Å². The van der Waals surface area contributed by atoms with Crippen molar-refractivity contribution in [2.75, 3.05) is 6.61 Å². The molecule has 0 amide bonds. The third-order valence-electron chi connectivity index (χ3n) is 5.98. The number of carbonyl (C=O) groups is 1. The number of rotatable bonds is 10. The van der Waals surface area contributed by atoms with Gasteiger partial charge in [0.1, 0.15) is 12.4 Å². The number of hydrogen-bond donors (Lipinski definition) is 1. The molecular weight excluding hydrogens is 500 g/mol. The molecule has 0 unspecified atom stereocenters. The summed E-state index contributed by atoms with van der Waals surface area (Å²) in [7, 11) is 0. The molecule has 1 aromatic heterocycles. The van der Waals surface area contributed by atoms with Gasteiger partial charge in [0.15, 0.2) is 5.82 Å². The lowest BCUT2D eigenvalue weighted by Crippen LogP contribution is -2.02. The number of nitrogens with zero attached hydrogens (tertiary/aromatic N) is 2. The van der Waals surface area contributed by atoms with Crippen molar-refractivity contribution in [3.05, 3.63) is 108 Å². The zero-order valence-electron chi connectivity index (χ0n) is 20.5. The summed E-state index contributed by atoms with van der Waals surface area (Å²) < 4.78 is 11.8. The van der Waals surface area contributed by atoms with E-state index in [-0.39, 0.29) is 13.0 Å². The monoisotopic (exact) mass is 524 g/mol. The van der Waals surface area contributed by atoms with Crippen LogP contribution in [-0.4, -0.2) is 27.7 Å². The number of carboxylic acids is 1. The maximum atomic E-state index is 10.7. The van der Waals surface area contributed by atoms with Crippen LogP contribution < -0.4 is 9.47 Å². The Morgan fingerprint density at radius 1 is 0.789 bits per heavy atom. The molecule has 6 nitrogen and oxygen atoms in total. The lowest BCUT2D eigenvalue weighted by Gasteiger charge is -2.12. The molecule has 5 aromatic rings. The van der Waals surface area contributed by atoms with Gasteiger partial charge in [-0.2, -0.15) is 4.98 Å². The number of aliphatic carboxylic acids is 1. The highest BCUT2D eigenvalue weighted by Crippen LogP contribution is 2.29. The van der Waals surface area contributed by atoms with Gasteiger partial charge in [-0.05, 0) is 41.5 Å². The lowest BCUT2D eigenvalue weighted by molar-refractivity contribution is -0.137. The van der Waals surface area contributed by atoms with E-state index in [9.17, 15) is 4.79 Å². The maximum absolute atomic E-state index is 10.7. The Bertz CT molecular complexity index is 1570. The highest BCUT2D eigenvalue weighted by molar-refractivity contribution is 6.31. The molecule has 4 aromatic carbocycles. The molecule has 0 aliphatic carbocycles. The van der Waals surface area contributed by atoms with Crippen molar-refractivity contribution in [3.8, 4) is 34.3 Å². The van der Waals surface area contributed by atoms with E-state index < -0.39 is 5.97 Å². The number of halogens is 1. The van der Waals surface area contributed by atoms with Crippen LogP contribution in [0.15, 0.2) is 97.1 Å². The molecule has 0 bridgehead atoms. The highest BCUT2D eigenvalue weighted by Gasteiger charge is 2.12. The summed E-state index contributed by atoms with van der Waals surface area (Å²) in [5, 5.41) is 11.4. The van der Waals surface area contributed by atoms with Crippen molar-refractivity contribution < 1.29 is 19.4 Å². The minimum absolute atomic E-state index is 0.0864. The van der Waals surface area contributed by atoms with E-state index in [1.54, 1.807) is 0 Å². The molecule has 1 N–H and O–H groups in total. The fraction of sp³-hybridized carbons (Fsp3) is 0.129. The number of hydrogen-bond acceptors (Lipinski definition) is 5. The molecule has 0 atom stereocenters. The first-order valence-corrected chi connectivity index (χ1v) is 12.6. The van der Waals surface area contributed by atoms with Crippen molar-refractivity contribution in [1.82, 2.24) is 9.97 Å². The van der Waals surface area contributed by atoms with Crippen molar-refractivity contribution in [3.63, 3.8) is 0 Å². The average molecular weight is 525 g/mol. The number of carboxylic acid groups (broad SMARTS) is 1. The van der Waals surface area contributed by atoms with Gasteiger partial charge in [0, 0.05) is 34.2 Å². The molecule has 38 heavy (non-hydrogen) atoms. The fourth-order valence-corrected chi connectivity index (χ4v) is 4.21. The molecule has 0 fully saturated rings. The van der Waals surface area contributed by atoms with Crippen LogP contribution in [0.2, 0.25) is 5.02 Å². The molecule has 5 rings (SSSR count). The molecule has 0 spiro atoms. The second kappa shape index (κ2) is 11.8. The van der Waals surface area contributed by atoms with E-state index in [0.717, 1.165) is 33.2 Å². The van der Waals surface area contributed by atoms with E-state index >= 15 is 0 Å². The van der Waals surface area contributed by atoms with Gasteiger partial charge in [-0.3, -0.25) is 4.79 Å². The van der Waals surface area contributed by atoms with Gasteiger partial charge in [0.05, 0.1) is 12.3 Å². The first kappa shape index (κ1) is 25.2. The number of benzene rings is 4. The fourth-order valence-electron chi connectivity index (χ4n) is 4.02. The van der Waals surface area contributed by atoms with E-state index in [4.69, 9.17) is 36.1 Å². The second-order valence-electron chi connectivity index (χ2n) is 8.73. The molecule has 7 heteroatoms. The zero-order chi connectivity index (χ0) is 26.3. The van der Waals surface area contributed by atoms with Gasteiger partial charge in [-0.25, -0.2) is 4.98 Å². The van der Waals surface area contributed by atoms with Crippen molar-refractivity contribution >= 4 is 28.3 Å². The second-order valence-corrected chi connectivity index (χ2v) is 9.14. The van der Waals surface area contributed by atoms with Crippen LogP contribution in [0.25, 0.3) is 33.4 Å². The van der Waals surface area contributed by atoms with Crippen molar-refractivity contribution in [1.29, 1.82) is 0 Å². The third-order valence-corrected chi connectivity index (χ3v) is 6.35. The van der Waals surface area contributed by atoms with Gasteiger partial charge in [0.25, 0.3) is 0 Å². The minimum Gasteiger partial charge on any atom is -0.494 e. The van der Waals surface area contributed by atoms with E-state index in [1.165, 1.54) is 0 Å². The van der Waals surface area contributed by atoms with Crippen LogP contribution in [0.3, 0.4) is 0 Å². The molecule has 0 aliphatic heterocycles. The largest absolute Gasteiger partial charge is 0.494 e. The Morgan fingerprint density at radius 2 is 1.55 bits per heavy atom. The number of ether oxygens (including phenoxy) is 2. The summed E-state index contributed by atoms with van der Waals surface area (Å²) in [5.41, 5.74) is 3.45. The van der Waals surface area contributed by atoms with Gasteiger partial charge in [0.2, 0.25) is 5.88 Å². The van der Waals surface area contributed by atoms with Gasteiger partial charge >= 0.3 is 5.97 Å². The highest BCUT2D eigenvalue weighted by atomic mass is 35.5. The summed E-state index contributed by atoms with van der Waals surface area (Å²) >= 11 is 6.31. The quantitative estimate of drug-likeness (QED) is 0.191. The van der Waals surface area contributed by atoms with Crippen molar-refractivity contribution in [2.45, 2.75) is 19.4 Å². The standard InChI is InChI=1S/C31H25ClN2O4/c32-27-10-5-4-9-25(27)20-38-29-19-28(21-7-2-1-3-8-21)33-31(34-29)24-13-12-23-18-26(15-14-22(23)17-24)37-16-6-11-30(35)36/h1-5,7-10,12-15,17-19H,6,11,16,20H2,(H,35,36). The van der Waals surface area contributed by atoms with E-state index in [1.807, 2.05) is 97.1 Å². The van der Waals surface area contributed by atoms with Crippen LogP contribution in [0.1, 0.15) is 18.4 Å². The van der Waals surface area contributed by atoms with Gasteiger partial charge in [-0.1, -0.05) is 78.3 Å². The summed E-state index contributed by atoms with van der Waals surface area (Å²) in [4.78, 5) is 20.3. The Morgan fingerprint density at radius 3 is 2.37 bits per heavy atom. The summed E-state index contributed by atoms with van der Waals surface area (Å²) in [6.45, 7) is 0.643. The maximum Gasteiger partial charge on any atom is 0.303 e. The average Bonchev–Trinajstić information content (AvgIpc) is 2.95. The zero-order valence-corrected chi connectivity index (χ0v) is 21.3. The summed E-state index contributed by atoms with van der Waals surface area (Å²) in [6, 6.07) is 31.1. The topological polar surface area (TPSA) is 81.5 Å². The third kappa shape index (κ3) is 6.28. The lowest BCUT2D eigenvalue weighted by atomic mass is 10.1. The normalized spacial score (nSPS) is 10.9.